The Morgan fingerprint density at radius 3 is 2.74 bits per heavy atom. The maximum atomic E-state index is 12.1. The van der Waals surface area contributed by atoms with Crippen LogP contribution in [0.4, 0.5) is 5.69 Å². The molecule has 1 aromatic carbocycles. The smallest absolute Gasteiger partial charge is 0.255 e. The molecule has 1 amide bonds. The third-order valence-corrected chi connectivity index (χ3v) is 3.03. The van der Waals surface area contributed by atoms with Gasteiger partial charge in [-0.3, -0.25) is 4.79 Å². The number of aromatic nitrogens is 2. The van der Waals surface area contributed by atoms with E-state index in [9.17, 15) is 4.79 Å². The summed E-state index contributed by atoms with van der Waals surface area (Å²) in [5.74, 6) is -0.187. The summed E-state index contributed by atoms with van der Waals surface area (Å²) in [6.07, 6.45) is 5.39. The van der Waals surface area contributed by atoms with Gasteiger partial charge in [-0.15, -0.1) is 0 Å². The fourth-order valence-corrected chi connectivity index (χ4v) is 1.97. The third-order valence-electron chi connectivity index (χ3n) is 2.77. The number of imidazole rings is 1. The Hall–Kier alpha value is -2.33. The number of halogens is 1. The van der Waals surface area contributed by atoms with Crippen LogP contribution in [0.5, 0.6) is 0 Å². The highest BCUT2D eigenvalue weighted by Gasteiger charge is 2.08. The van der Waals surface area contributed by atoms with E-state index < -0.39 is 0 Å². The number of hydrogen-bond donors (Lipinski definition) is 1. The number of hydrogen-bond acceptors (Lipinski definition) is 2. The van der Waals surface area contributed by atoms with Gasteiger partial charge in [0.2, 0.25) is 0 Å². The topological polar surface area (TPSA) is 46.4 Å². The second-order valence-electron chi connectivity index (χ2n) is 4.04. The number of fused-ring (bicyclic) bond motifs is 1. The zero-order valence-corrected chi connectivity index (χ0v) is 10.6. The largest absolute Gasteiger partial charge is 0.319 e. The molecule has 0 spiro atoms. The van der Waals surface area contributed by atoms with Gasteiger partial charge in [-0.1, -0.05) is 11.6 Å². The van der Waals surface area contributed by atoms with Gasteiger partial charge in [0.05, 0.1) is 5.69 Å². The number of nitrogens with zero attached hydrogens (tertiary/aromatic N) is 2. The molecule has 0 aliphatic heterocycles. The van der Waals surface area contributed by atoms with Gasteiger partial charge in [-0.25, -0.2) is 4.98 Å². The van der Waals surface area contributed by atoms with Gasteiger partial charge < -0.3 is 9.72 Å². The standard InChI is InChI=1S/C14H10ClN3O/c15-11-5-3-10(4-6-11)14(19)17-12-2-1-8-18-9-7-16-13(12)18/h1-9H,(H,17,19). The molecule has 2 aromatic heterocycles. The number of benzene rings is 1. The monoisotopic (exact) mass is 271 g/mol. The average Bonchev–Trinajstić information content (AvgIpc) is 2.89. The average molecular weight is 272 g/mol. The van der Waals surface area contributed by atoms with Gasteiger partial charge in [0.25, 0.3) is 5.91 Å². The Morgan fingerprint density at radius 1 is 1.16 bits per heavy atom. The van der Waals surface area contributed by atoms with Crippen LogP contribution in [0.1, 0.15) is 10.4 Å². The summed E-state index contributed by atoms with van der Waals surface area (Å²) in [7, 11) is 0. The predicted molar refractivity (Wildman–Crippen MR) is 74.6 cm³/mol. The van der Waals surface area contributed by atoms with Crippen LogP contribution < -0.4 is 5.32 Å². The van der Waals surface area contributed by atoms with Crippen LogP contribution in [0.15, 0.2) is 55.0 Å². The van der Waals surface area contributed by atoms with Crippen LogP contribution >= 0.6 is 11.6 Å². The quantitative estimate of drug-likeness (QED) is 0.778. The predicted octanol–water partition coefficient (Wildman–Crippen LogP) is 3.24. The van der Waals surface area contributed by atoms with Crippen LogP contribution in [-0.4, -0.2) is 15.3 Å². The Labute approximate surface area is 114 Å². The summed E-state index contributed by atoms with van der Waals surface area (Å²) in [4.78, 5) is 16.3. The van der Waals surface area contributed by atoms with Crippen LogP contribution in [-0.2, 0) is 0 Å². The lowest BCUT2D eigenvalue weighted by Gasteiger charge is -2.06. The first-order valence-corrected chi connectivity index (χ1v) is 6.10. The molecule has 0 atom stereocenters. The molecule has 0 saturated heterocycles. The number of nitrogens with one attached hydrogen (secondary N) is 1. The van der Waals surface area contributed by atoms with E-state index in [1.807, 2.05) is 28.9 Å². The first-order valence-electron chi connectivity index (χ1n) is 5.72. The van der Waals surface area contributed by atoms with Crippen molar-refractivity contribution in [1.82, 2.24) is 9.38 Å². The first kappa shape index (κ1) is 11.7. The molecule has 19 heavy (non-hydrogen) atoms. The van der Waals surface area contributed by atoms with Crippen molar-refractivity contribution < 1.29 is 4.79 Å². The summed E-state index contributed by atoms with van der Waals surface area (Å²) in [5, 5.41) is 3.45. The van der Waals surface area contributed by atoms with Crippen LogP contribution in [0.2, 0.25) is 5.02 Å². The zero-order valence-electron chi connectivity index (χ0n) is 9.88. The van der Waals surface area contributed by atoms with Crippen molar-refractivity contribution in [2.24, 2.45) is 0 Å². The van der Waals surface area contributed by atoms with Crippen molar-refractivity contribution >= 4 is 28.8 Å². The van der Waals surface area contributed by atoms with Crippen molar-refractivity contribution in [1.29, 1.82) is 0 Å². The summed E-state index contributed by atoms with van der Waals surface area (Å²) in [6.45, 7) is 0. The maximum absolute atomic E-state index is 12.1. The highest BCUT2D eigenvalue weighted by molar-refractivity contribution is 6.30. The molecular weight excluding hydrogens is 262 g/mol. The number of carbonyl (C=O) groups is 1. The summed E-state index contributed by atoms with van der Waals surface area (Å²) >= 11 is 5.79. The van der Waals surface area contributed by atoms with Crippen LogP contribution in [0.3, 0.4) is 0 Å². The lowest BCUT2D eigenvalue weighted by molar-refractivity contribution is 0.102. The summed E-state index contributed by atoms with van der Waals surface area (Å²) in [6, 6.07) is 10.4. The van der Waals surface area contributed by atoms with Crippen molar-refractivity contribution in [2.45, 2.75) is 0 Å². The van der Waals surface area contributed by atoms with Crippen LogP contribution in [0, 0.1) is 0 Å². The minimum absolute atomic E-state index is 0.187. The molecule has 94 valence electrons. The molecule has 0 bridgehead atoms. The number of rotatable bonds is 2. The molecule has 4 nitrogen and oxygen atoms in total. The normalized spacial score (nSPS) is 10.6. The van der Waals surface area contributed by atoms with Gasteiger partial charge in [0.1, 0.15) is 0 Å². The Bertz CT molecular complexity index is 734. The zero-order chi connectivity index (χ0) is 13.2. The molecule has 0 unspecified atom stereocenters. The molecule has 0 saturated carbocycles. The van der Waals surface area contributed by atoms with E-state index in [0.717, 1.165) is 0 Å². The van der Waals surface area contributed by atoms with Crippen molar-refractivity contribution in [2.75, 3.05) is 5.32 Å². The van der Waals surface area contributed by atoms with E-state index in [1.54, 1.807) is 30.5 Å². The number of carbonyl (C=O) groups excluding carboxylic acids is 1. The number of pyridine rings is 1. The second kappa shape index (κ2) is 4.74. The molecule has 0 fully saturated rings. The van der Waals surface area contributed by atoms with Crippen LogP contribution in [0.25, 0.3) is 5.65 Å². The Morgan fingerprint density at radius 2 is 1.95 bits per heavy atom. The lowest BCUT2D eigenvalue weighted by atomic mass is 10.2. The fraction of sp³-hybridized carbons (Fsp3) is 0. The number of amides is 1. The highest BCUT2D eigenvalue weighted by atomic mass is 35.5. The summed E-state index contributed by atoms with van der Waals surface area (Å²) in [5.41, 5.74) is 1.94. The first-order chi connectivity index (χ1) is 9.24. The minimum Gasteiger partial charge on any atom is -0.319 e. The molecule has 0 radical (unpaired) electrons. The molecule has 5 heteroatoms. The SMILES string of the molecule is O=C(Nc1cccn2ccnc12)c1ccc(Cl)cc1. The second-order valence-corrected chi connectivity index (χ2v) is 4.48. The van der Waals surface area contributed by atoms with Gasteiger partial charge in [-0.2, -0.15) is 0 Å². The fourth-order valence-electron chi connectivity index (χ4n) is 1.84. The Kier molecular flexibility index (Phi) is 2.93. The van der Waals surface area contributed by atoms with E-state index in [1.165, 1.54) is 0 Å². The van der Waals surface area contributed by atoms with E-state index >= 15 is 0 Å². The molecule has 0 aliphatic rings. The van der Waals surface area contributed by atoms with Crippen molar-refractivity contribution in [3.63, 3.8) is 0 Å². The molecule has 3 aromatic rings. The van der Waals surface area contributed by atoms with Gasteiger partial charge in [0.15, 0.2) is 5.65 Å². The van der Waals surface area contributed by atoms with Gasteiger partial charge in [-0.05, 0) is 36.4 Å². The molecule has 0 aliphatic carbocycles. The van der Waals surface area contributed by atoms with E-state index in [4.69, 9.17) is 11.6 Å². The highest BCUT2D eigenvalue weighted by Crippen LogP contribution is 2.16. The lowest BCUT2D eigenvalue weighted by Crippen LogP contribution is -2.12. The summed E-state index contributed by atoms with van der Waals surface area (Å²) < 4.78 is 1.84. The minimum atomic E-state index is -0.187. The maximum Gasteiger partial charge on any atom is 0.255 e. The molecule has 2 heterocycles. The Balaban J connectivity index is 1.90. The van der Waals surface area contributed by atoms with E-state index in [0.29, 0.717) is 21.9 Å². The van der Waals surface area contributed by atoms with E-state index in [2.05, 4.69) is 10.3 Å². The molecule has 3 rings (SSSR count). The van der Waals surface area contributed by atoms with Gasteiger partial charge in [0, 0.05) is 29.2 Å². The molecular formula is C14H10ClN3O. The van der Waals surface area contributed by atoms with Crippen molar-refractivity contribution in [3.8, 4) is 0 Å². The number of anilines is 1. The van der Waals surface area contributed by atoms with Gasteiger partial charge >= 0.3 is 0 Å². The van der Waals surface area contributed by atoms with E-state index in [-0.39, 0.29) is 5.91 Å². The molecule has 1 N–H and O–H groups in total. The van der Waals surface area contributed by atoms with Crippen molar-refractivity contribution in [3.05, 3.63) is 65.6 Å². The third kappa shape index (κ3) is 2.30.